The first-order valence-corrected chi connectivity index (χ1v) is 10.3. The molecule has 0 unspecified atom stereocenters. The number of H-pyrrole nitrogens is 2. The second-order valence-corrected chi connectivity index (χ2v) is 7.79. The molecule has 0 aliphatic heterocycles. The third kappa shape index (κ3) is 2.96. The molecule has 0 aliphatic carbocycles. The summed E-state index contributed by atoms with van der Waals surface area (Å²) in [6.45, 7) is 2.08. The highest BCUT2D eigenvalue weighted by atomic mass is 19.1. The van der Waals surface area contributed by atoms with Crippen LogP contribution in [0.15, 0.2) is 79.0 Å². The molecule has 0 atom stereocenters. The van der Waals surface area contributed by atoms with Crippen LogP contribution < -0.4 is 0 Å². The fraction of sp³-hybridized carbons (Fsp3) is 0.0385. The first-order valence-electron chi connectivity index (χ1n) is 10.3. The largest absolute Gasteiger partial charge is 0.353 e. The lowest BCUT2D eigenvalue weighted by Gasteiger charge is -2.05. The van der Waals surface area contributed by atoms with Gasteiger partial charge in [-0.1, -0.05) is 36.4 Å². The number of aromatic amines is 2. The average Bonchev–Trinajstić information content (AvgIpc) is 3.42. The van der Waals surface area contributed by atoms with Crippen molar-refractivity contribution < 1.29 is 4.39 Å². The molecule has 0 saturated carbocycles. The number of fused-ring (bicyclic) bond motifs is 2. The van der Waals surface area contributed by atoms with E-state index in [0.29, 0.717) is 0 Å². The van der Waals surface area contributed by atoms with Gasteiger partial charge in [0.1, 0.15) is 17.0 Å². The number of nitrogens with zero attached hydrogens (tertiary/aromatic N) is 3. The van der Waals surface area contributed by atoms with Crippen LogP contribution in [0, 0.1) is 12.7 Å². The Morgan fingerprint density at radius 2 is 1.75 bits per heavy atom. The Labute approximate surface area is 183 Å². The minimum atomic E-state index is -0.289. The molecule has 5 nitrogen and oxygen atoms in total. The molecular formula is C26H18FN5. The summed E-state index contributed by atoms with van der Waals surface area (Å²) in [5, 5.41) is 8.52. The SMILES string of the molecule is Cc1ccccc1-c1ccc2[nH]nc(-c3cc4c(-c5cccc(F)c5)nccc4[nH]3)c2n1. The van der Waals surface area contributed by atoms with Gasteiger partial charge in [-0.2, -0.15) is 5.10 Å². The van der Waals surface area contributed by atoms with Gasteiger partial charge in [0.05, 0.1) is 22.6 Å². The molecular weight excluding hydrogens is 401 g/mol. The predicted octanol–water partition coefficient (Wildman–Crippen LogP) is 6.28. The highest BCUT2D eigenvalue weighted by Crippen LogP contribution is 2.33. The van der Waals surface area contributed by atoms with Crippen LogP contribution in [0.5, 0.6) is 0 Å². The van der Waals surface area contributed by atoms with Crippen LogP contribution in [0.4, 0.5) is 4.39 Å². The number of halogens is 1. The van der Waals surface area contributed by atoms with Crippen LogP contribution in [0.25, 0.3) is 55.8 Å². The molecule has 2 N–H and O–H groups in total. The van der Waals surface area contributed by atoms with Crippen LogP contribution in [0.3, 0.4) is 0 Å². The highest BCUT2D eigenvalue weighted by Gasteiger charge is 2.16. The van der Waals surface area contributed by atoms with Gasteiger partial charge >= 0.3 is 0 Å². The summed E-state index contributed by atoms with van der Waals surface area (Å²) < 4.78 is 13.8. The number of rotatable bonds is 3. The fourth-order valence-corrected chi connectivity index (χ4v) is 4.14. The topological polar surface area (TPSA) is 70.2 Å². The number of hydrogen-bond donors (Lipinski definition) is 2. The lowest BCUT2D eigenvalue weighted by Crippen LogP contribution is -1.88. The Hall–Kier alpha value is -4.32. The molecule has 6 aromatic rings. The number of pyridine rings is 2. The van der Waals surface area contributed by atoms with Crippen LogP contribution in [-0.2, 0) is 0 Å². The zero-order valence-electron chi connectivity index (χ0n) is 17.2. The maximum absolute atomic E-state index is 13.8. The number of hydrogen-bond acceptors (Lipinski definition) is 3. The van der Waals surface area contributed by atoms with E-state index in [0.717, 1.165) is 55.8 Å². The van der Waals surface area contributed by atoms with E-state index in [1.165, 1.54) is 17.7 Å². The molecule has 4 aromatic heterocycles. The van der Waals surface area contributed by atoms with Gasteiger partial charge in [-0.25, -0.2) is 9.37 Å². The van der Waals surface area contributed by atoms with Crippen LogP contribution in [0.1, 0.15) is 5.56 Å². The fourth-order valence-electron chi connectivity index (χ4n) is 4.14. The zero-order valence-corrected chi connectivity index (χ0v) is 17.2. The Bertz CT molecular complexity index is 1610. The maximum Gasteiger partial charge on any atom is 0.135 e. The molecule has 2 aromatic carbocycles. The van der Waals surface area contributed by atoms with Crippen molar-refractivity contribution in [2.24, 2.45) is 0 Å². The molecule has 6 heteroatoms. The number of nitrogens with one attached hydrogen (secondary N) is 2. The first kappa shape index (κ1) is 18.4. The summed E-state index contributed by atoms with van der Waals surface area (Å²) in [5.74, 6) is -0.289. The van der Waals surface area contributed by atoms with E-state index in [-0.39, 0.29) is 5.82 Å². The van der Waals surface area contributed by atoms with Crippen molar-refractivity contribution in [1.82, 2.24) is 25.1 Å². The lowest BCUT2D eigenvalue weighted by molar-refractivity contribution is 0.628. The standard InChI is InChI=1S/C26H18FN5/c1-15-5-2-3-8-18(15)20-9-10-22-25(30-20)26(32-31-22)23-14-19-21(29-23)11-12-28-24(19)16-6-4-7-17(27)13-16/h2-14,29H,1H3,(H,31,32). The van der Waals surface area contributed by atoms with Crippen LogP contribution in [0.2, 0.25) is 0 Å². The van der Waals surface area contributed by atoms with E-state index >= 15 is 0 Å². The number of benzene rings is 2. The van der Waals surface area contributed by atoms with Gasteiger partial charge in [0, 0.05) is 28.2 Å². The summed E-state index contributed by atoms with van der Waals surface area (Å²) >= 11 is 0. The van der Waals surface area contributed by atoms with Crippen LogP contribution >= 0.6 is 0 Å². The van der Waals surface area contributed by atoms with E-state index in [1.807, 2.05) is 42.5 Å². The number of aryl methyl sites for hydroxylation is 1. The van der Waals surface area contributed by atoms with E-state index in [9.17, 15) is 4.39 Å². The van der Waals surface area contributed by atoms with E-state index in [1.54, 1.807) is 12.3 Å². The van der Waals surface area contributed by atoms with Gasteiger partial charge in [-0.3, -0.25) is 10.1 Å². The molecule has 0 bridgehead atoms. The Balaban J connectivity index is 1.52. The van der Waals surface area contributed by atoms with Crippen LogP contribution in [-0.4, -0.2) is 25.1 Å². The smallest absolute Gasteiger partial charge is 0.135 e. The van der Waals surface area contributed by atoms with Crippen molar-refractivity contribution in [2.45, 2.75) is 6.92 Å². The molecule has 32 heavy (non-hydrogen) atoms. The lowest BCUT2D eigenvalue weighted by atomic mass is 10.0. The Morgan fingerprint density at radius 3 is 2.62 bits per heavy atom. The normalized spacial score (nSPS) is 11.4. The van der Waals surface area contributed by atoms with Gasteiger partial charge in [0.15, 0.2) is 0 Å². The van der Waals surface area contributed by atoms with E-state index in [2.05, 4.69) is 39.2 Å². The second-order valence-electron chi connectivity index (χ2n) is 7.79. The molecule has 0 radical (unpaired) electrons. The molecule has 4 heterocycles. The molecule has 0 saturated heterocycles. The van der Waals surface area contributed by atoms with E-state index in [4.69, 9.17) is 4.98 Å². The predicted molar refractivity (Wildman–Crippen MR) is 125 cm³/mol. The van der Waals surface area contributed by atoms with E-state index < -0.39 is 0 Å². The molecule has 0 fully saturated rings. The van der Waals surface area contributed by atoms with Crippen molar-refractivity contribution in [3.05, 3.63) is 90.4 Å². The second kappa shape index (κ2) is 7.13. The van der Waals surface area contributed by atoms with Gasteiger partial charge in [-0.15, -0.1) is 0 Å². The van der Waals surface area contributed by atoms with Gasteiger partial charge in [-0.05, 0) is 48.9 Å². The van der Waals surface area contributed by atoms with Gasteiger partial charge in [0.2, 0.25) is 0 Å². The molecule has 0 amide bonds. The minimum absolute atomic E-state index is 0.289. The summed E-state index contributed by atoms with van der Waals surface area (Å²) in [6, 6.07) is 22.6. The summed E-state index contributed by atoms with van der Waals surface area (Å²) in [5.41, 5.74) is 8.72. The van der Waals surface area contributed by atoms with Crippen molar-refractivity contribution in [1.29, 1.82) is 0 Å². The average molecular weight is 419 g/mol. The molecule has 6 rings (SSSR count). The monoisotopic (exact) mass is 419 g/mol. The quantitative estimate of drug-likeness (QED) is 0.354. The third-order valence-electron chi connectivity index (χ3n) is 5.73. The zero-order chi connectivity index (χ0) is 21.7. The first-order chi connectivity index (χ1) is 15.7. The summed E-state index contributed by atoms with van der Waals surface area (Å²) in [4.78, 5) is 12.9. The van der Waals surface area contributed by atoms with Gasteiger partial charge in [0.25, 0.3) is 0 Å². The van der Waals surface area contributed by atoms with Crippen molar-refractivity contribution in [3.63, 3.8) is 0 Å². The molecule has 0 spiro atoms. The maximum atomic E-state index is 13.8. The summed E-state index contributed by atoms with van der Waals surface area (Å²) in [6.07, 6.45) is 1.72. The highest BCUT2D eigenvalue weighted by molar-refractivity contribution is 5.99. The summed E-state index contributed by atoms with van der Waals surface area (Å²) in [7, 11) is 0. The van der Waals surface area contributed by atoms with Crippen molar-refractivity contribution >= 4 is 21.9 Å². The Morgan fingerprint density at radius 1 is 0.844 bits per heavy atom. The van der Waals surface area contributed by atoms with Crippen molar-refractivity contribution in [2.75, 3.05) is 0 Å². The third-order valence-corrected chi connectivity index (χ3v) is 5.73. The number of aromatic nitrogens is 5. The minimum Gasteiger partial charge on any atom is -0.353 e. The van der Waals surface area contributed by atoms with Gasteiger partial charge < -0.3 is 4.98 Å². The molecule has 0 aliphatic rings. The molecule has 154 valence electrons. The Kier molecular flexibility index (Phi) is 4.11. The van der Waals surface area contributed by atoms with Crippen molar-refractivity contribution in [3.8, 4) is 33.9 Å².